The van der Waals surface area contributed by atoms with E-state index in [4.69, 9.17) is 14.5 Å². The molecule has 0 spiro atoms. The molecule has 160 valence electrons. The van der Waals surface area contributed by atoms with E-state index in [9.17, 15) is 4.79 Å². The highest BCUT2D eigenvalue weighted by molar-refractivity contribution is 7.22. The summed E-state index contributed by atoms with van der Waals surface area (Å²) in [5, 5.41) is 2.66. The molecule has 0 radical (unpaired) electrons. The SMILES string of the molecule is COc1cc2ccccc2cc1C(=O)N(CCN(C)C)c1nc2c(OC)cccc2s1. The van der Waals surface area contributed by atoms with Gasteiger partial charge in [-0.15, -0.1) is 0 Å². The second-order valence-electron chi connectivity index (χ2n) is 7.46. The third kappa shape index (κ3) is 4.19. The Kier molecular flexibility index (Phi) is 6.06. The van der Waals surface area contributed by atoms with Crippen molar-refractivity contribution in [1.82, 2.24) is 9.88 Å². The zero-order valence-corrected chi connectivity index (χ0v) is 18.9. The van der Waals surface area contributed by atoms with Crippen molar-refractivity contribution in [2.75, 3.05) is 46.3 Å². The van der Waals surface area contributed by atoms with Gasteiger partial charge in [-0.25, -0.2) is 4.98 Å². The maximum atomic E-state index is 13.8. The molecule has 1 aromatic heterocycles. The molecule has 0 unspecified atom stereocenters. The molecule has 4 aromatic rings. The number of carbonyl (C=O) groups excluding carboxylic acids is 1. The molecule has 6 nitrogen and oxygen atoms in total. The molecule has 0 aliphatic rings. The van der Waals surface area contributed by atoms with Gasteiger partial charge in [0.05, 0.1) is 24.5 Å². The Balaban J connectivity index is 1.81. The molecule has 31 heavy (non-hydrogen) atoms. The van der Waals surface area contributed by atoms with Crippen molar-refractivity contribution in [3.05, 3.63) is 60.2 Å². The molecule has 7 heteroatoms. The van der Waals surface area contributed by atoms with Crippen molar-refractivity contribution in [3.63, 3.8) is 0 Å². The Morgan fingerprint density at radius 1 is 0.935 bits per heavy atom. The number of methoxy groups -OCH3 is 2. The Morgan fingerprint density at radius 3 is 2.32 bits per heavy atom. The van der Waals surface area contributed by atoms with Crippen molar-refractivity contribution in [2.24, 2.45) is 0 Å². The molecular weight excluding hydrogens is 410 g/mol. The van der Waals surface area contributed by atoms with E-state index in [1.165, 1.54) is 11.3 Å². The Labute approximate surface area is 185 Å². The number of likely N-dealkylation sites (N-methyl/N-ethyl adjacent to an activating group) is 1. The van der Waals surface area contributed by atoms with E-state index < -0.39 is 0 Å². The average Bonchev–Trinajstić information content (AvgIpc) is 3.21. The minimum Gasteiger partial charge on any atom is -0.496 e. The number of hydrogen-bond donors (Lipinski definition) is 0. The van der Waals surface area contributed by atoms with Crippen LogP contribution >= 0.6 is 11.3 Å². The molecule has 0 fully saturated rings. The number of para-hydroxylation sites is 1. The molecular formula is C24H25N3O3S. The monoisotopic (exact) mass is 435 g/mol. The van der Waals surface area contributed by atoms with Gasteiger partial charge in [0, 0.05) is 13.1 Å². The van der Waals surface area contributed by atoms with Gasteiger partial charge in [-0.3, -0.25) is 9.69 Å². The molecule has 3 aromatic carbocycles. The van der Waals surface area contributed by atoms with Crippen molar-refractivity contribution < 1.29 is 14.3 Å². The number of aromatic nitrogens is 1. The minimum atomic E-state index is -0.137. The number of fused-ring (bicyclic) bond motifs is 2. The number of hydrogen-bond acceptors (Lipinski definition) is 6. The van der Waals surface area contributed by atoms with Gasteiger partial charge >= 0.3 is 0 Å². The van der Waals surface area contributed by atoms with Gasteiger partial charge in [-0.2, -0.15) is 0 Å². The fraction of sp³-hybridized carbons (Fsp3) is 0.250. The third-order valence-electron chi connectivity index (χ3n) is 5.14. The van der Waals surface area contributed by atoms with Crippen LogP contribution in [0.25, 0.3) is 21.0 Å². The Hall–Kier alpha value is -3.16. The van der Waals surface area contributed by atoms with Crippen LogP contribution in [0.5, 0.6) is 11.5 Å². The zero-order chi connectivity index (χ0) is 22.0. The Morgan fingerprint density at radius 2 is 1.65 bits per heavy atom. The third-order valence-corrected chi connectivity index (χ3v) is 6.18. The number of anilines is 1. The fourth-order valence-corrected chi connectivity index (χ4v) is 4.48. The van der Waals surface area contributed by atoms with E-state index in [0.717, 1.165) is 21.0 Å². The molecule has 0 aliphatic heterocycles. The lowest BCUT2D eigenvalue weighted by atomic mass is 10.0. The maximum Gasteiger partial charge on any atom is 0.263 e. The number of thiazole rings is 1. The van der Waals surface area contributed by atoms with Gasteiger partial charge in [-0.1, -0.05) is 41.7 Å². The van der Waals surface area contributed by atoms with Gasteiger partial charge in [0.25, 0.3) is 5.91 Å². The molecule has 1 amide bonds. The van der Waals surface area contributed by atoms with Crippen LogP contribution in [0.3, 0.4) is 0 Å². The zero-order valence-electron chi connectivity index (χ0n) is 18.1. The lowest BCUT2D eigenvalue weighted by Crippen LogP contribution is -2.37. The predicted molar refractivity (Wildman–Crippen MR) is 127 cm³/mol. The van der Waals surface area contributed by atoms with Crippen LogP contribution in [0.1, 0.15) is 10.4 Å². The van der Waals surface area contributed by atoms with Gasteiger partial charge in [-0.05, 0) is 49.1 Å². The van der Waals surface area contributed by atoms with E-state index >= 15 is 0 Å². The first-order valence-corrected chi connectivity index (χ1v) is 10.8. The summed E-state index contributed by atoms with van der Waals surface area (Å²) in [5.74, 6) is 1.11. The number of carbonyl (C=O) groups is 1. The highest BCUT2D eigenvalue weighted by Crippen LogP contribution is 2.35. The molecule has 0 saturated heterocycles. The van der Waals surface area contributed by atoms with Crippen LogP contribution in [-0.2, 0) is 0 Å². The molecule has 0 bridgehead atoms. The lowest BCUT2D eigenvalue weighted by molar-refractivity contribution is 0.0982. The van der Waals surface area contributed by atoms with E-state index in [1.54, 1.807) is 19.1 Å². The summed E-state index contributed by atoms with van der Waals surface area (Å²) in [6.07, 6.45) is 0. The van der Waals surface area contributed by atoms with Crippen LogP contribution in [0, 0.1) is 0 Å². The minimum absolute atomic E-state index is 0.137. The van der Waals surface area contributed by atoms with Crippen molar-refractivity contribution in [1.29, 1.82) is 0 Å². The molecule has 1 heterocycles. The van der Waals surface area contributed by atoms with Crippen LogP contribution in [-0.4, -0.2) is 57.2 Å². The summed E-state index contributed by atoms with van der Waals surface area (Å²) in [5.41, 5.74) is 1.28. The van der Waals surface area contributed by atoms with E-state index in [-0.39, 0.29) is 5.91 Å². The second kappa shape index (κ2) is 8.91. The first-order chi connectivity index (χ1) is 15.0. The van der Waals surface area contributed by atoms with Crippen molar-refractivity contribution in [3.8, 4) is 11.5 Å². The average molecular weight is 436 g/mol. The number of amides is 1. The van der Waals surface area contributed by atoms with E-state index in [2.05, 4.69) is 0 Å². The smallest absolute Gasteiger partial charge is 0.263 e. The van der Waals surface area contributed by atoms with E-state index in [0.29, 0.717) is 35.3 Å². The van der Waals surface area contributed by atoms with Crippen LogP contribution < -0.4 is 14.4 Å². The topological polar surface area (TPSA) is 54.9 Å². The molecule has 0 atom stereocenters. The van der Waals surface area contributed by atoms with E-state index in [1.807, 2.05) is 73.6 Å². The summed E-state index contributed by atoms with van der Waals surface area (Å²) >= 11 is 1.48. The summed E-state index contributed by atoms with van der Waals surface area (Å²) in [6.45, 7) is 1.21. The van der Waals surface area contributed by atoms with Gasteiger partial charge in [0.1, 0.15) is 17.0 Å². The van der Waals surface area contributed by atoms with Crippen molar-refractivity contribution >= 4 is 43.4 Å². The summed E-state index contributed by atoms with van der Waals surface area (Å²) < 4.78 is 12.0. The van der Waals surface area contributed by atoms with Gasteiger partial charge in [0.2, 0.25) is 0 Å². The Bertz CT molecular complexity index is 1240. The fourth-order valence-electron chi connectivity index (χ4n) is 3.48. The molecule has 0 aliphatic carbocycles. The number of nitrogens with zero attached hydrogens (tertiary/aromatic N) is 3. The number of benzene rings is 3. The van der Waals surface area contributed by atoms with Crippen molar-refractivity contribution in [2.45, 2.75) is 0 Å². The van der Waals surface area contributed by atoms with Gasteiger partial charge < -0.3 is 14.4 Å². The van der Waals surface area contributed by atoms with Crippen LogP contribution in [0.2, 0.25) is 0 Å². The highest BCUT2D eigenvalue weighted by Gasteiger charge is 2.25. The van der Waals surface area contributed by atoms with Crippen LogP contribution in [0.4, 0.5) is 5.13 Å². The number of ether oxygens (including phenoxy) is 2. The molecule has 0 saturated carbocycles. The normalized spacial score (nSPS) is 11.3. The predicted octanol–water partition coefficient (Wildman–Crippen LogP) is 4.68. The lowest BCUT2D eigenvalue weighted by Gasteiger charge is -2.23. The summed E-state index contributed by atoms with van der Waals surface area (Å²) in [7, 11) is 7.19. The highest BCUT2D eigenvalue weighted by atomic mass is 32.1. The first kappa shape index (κ1) is 21.1. The quantitative estimate of drug-likeness (QED) is 0.422. The number of rotatable bonds is 7. The second-order valence-corrected chi connectivity index (χ2v) is 8.47. The summed E-state index contributed by atoms with van der Waals surface area (Å²) in [6, 6.07) is 17.6. The largest absolute Gasteiger partial charge is 0.496 e. The maximum absolute atomic E-state index is 13.8. The molecule has 4 rings (SSSR count). The molecule has 0 N–H and O–H groups in total. The van der Waals surface area contributed by atoms with Crippen LogP contribution in [0.15, 0.2) is 54.6 Å². The van der Waals surface area contributed by atoms with Gasteiger partial charge in [0.15, 0.2) is 5.13 Å². The standard InChI is InChI=1S/C24H25N3O3S/c1-26(2)12-13-27(24-25-22-19(29-3)10-7-11-21(22)31-24)23(28)18-14-16-8-5-6-9-17(16)15-20(18)30-4/h5-11,14-15H,12-13H2,1-4H3. The summed E-state index contributed by atoms with van der Waals surface area (Å²) in [4.78, 5) is 22.3. The first-order valence-electron chi connectivity index (χ1n) is 9.98.